The van der Waals surface area contributed by atoms with Crippen molar-refractivity contribution in [3.63, 3.8) is 0 Å². The molecule has 2 heterocycles. The van der Waals surface area contributed by atoms with Gasteiger partial charge in [0.25, 0.3) is 0 Å². The average molecular weight is 408 g/mol. The van der Waals surface area contributed by atoms with Gasteiger partial charge < -0.3 is 5.32 Å². The monoisotopic (exact) mass is 408 g/mol. The molecule has 2 aromatic heterocycles. The van der Waals surface area contributed by atoms with Crippen molar-refractivity contribution in [2.24, 2.45) is 0 Å². The number of hydrogen-bond donors (Lipinski definition) is 1. The summed E-state index contributed by atoms with van der Waals surface area (Å²) in [6.45, 7) is 3.69. The van der Waals surface area contributed by atoms with Crippen molar-refractivity contribution in [1.82, 2.24) is 25.2 Å². The molecular weight excluding hydrogens is 391 g/mol. The number of amides is 1. The van der Waals surface area contributed by atoms with E-state index in [-0.39, 0.29) is 18.0 Å². The molecule has 0 aliphatic heterocycles. The fourth-order valence-electron chi connectivity index (χ4n) is 2.88. The van der Waals surface area contributed by atoms with Crippen LogP contribution in [0, 0.1) is 19.7 Å². The van der Waals surface area contributed by atoms with E-state index in [0.29, 0.717) is 11.5 Å². The predicted molar refractivity (Wildman–Crippen MR) is 108 cm³/mol. The number of nitrogens with one attached hydrogen (secondary N) is 1. The fraction of sp³-hybridized carbons (Fsp3) is 0.150. The van der Waals surface area contributed by atoms with Crippen LogP contribution < -0.4 is 5.32 Å². The number of carbonyl (C=O) groups is 1. The van der Waals surface area contributed by atoms with Gasteiger partial charge in [-0.15, -0.1) is 16.4 Å². The van der Waals surface area contributed by atoms with E-state index in [9.17, 15) is 9.18 Å². The lowest BCUT2D eigenvalue weighted by Crippen LogP contribution is -2.15. The number of halogens is 1. The zero-order chi connectivity index (χ0) is 20.4. The summed E-state index contributed by atoms with van der Waals surface area (Å²) in [7, 11) is 0. The molecule has 0 saturated carbocycles. The van der Waals surface area contributed by atoms with Crippen LogP contribution in [0.15, 0.2) is 47.8 Å². The number of nitrogens with zero attached hydrogens (tertiary/aromatic N) is 5. The third-order valence-corrected chi connectivity index (χ3v) is 5.10. The summed E-state index contributed by atoms with van der Waals surface area (Å²) in [6.07, 6.45) is 0.129. The van der Waals surface area contributed by atoms with Crippen molar-refractivity contribution in [2.45, 2.75) is 20.3 Å². The van der Waals surface area contributed by atoms with E-state index in [4.69, 9.17) is 0 Å². The Morgan fingerprint density at radius 1 is 1.17 bits per heavy atom. The minimum Gasteiger partial charge on any atom is -0.323 e. The van der Waals surface area contributed by atoms with Gasteiger partial charge in [-0.05, 0) is 48.0 Å². The van der Waals surface area contributed by atoms with Crippen molar-refractivity contribution in [3.8, 4) is 16.9 Å². The maximum absolute atomic E-state index is 14.2. The lowest BCUT2D eigenvalue weighted by Gasteiger charge is -2.09. The SMILES string of the molecule is Cc1nc(-c2ccc(CC(=O)Nc3cc(-n4nnnc4C)ccc3F)cc2)cs1. The molecule has 2 aromatic carbocycles. The Balaban J connectivity index is 1.46. The first-order valence-corrected chi connectivity index (χ1v) is 9.74. The number of tetrazole rings is 1. The topological polar surface area (TPSA) is 85.6 Å². The second-order valence-corrected chi connectivity index (χ2v) is 7.54. The molecule has 1 amide bonds. The molecular formula is C20H17FN6OS. The van der Waals surface area contributed by atoms with Gasteiger partial charge in [0.2, 0.25) is 5.91 Å². The summed E-state index contributed by atoms with van der Waals surface area (Å²) >= 11 is 1.59. The minimum absolute atomic E-state index is 0.0805. The van der Waals surface area contributed by atoms with E-state index in [2.05, 4.69) is 25.8 Å². The lowest BCUT2D eigenvalue weighted by molar-refractivity contribution is -0.115. The molecule has 0 spiro atoms. The number of aromatic nitrogens is 5. The van der Waals surface area contributed by atoms with Gasteiger partial charge in [-0.2, -0.15) is 4.68 Å². The molecule has 0 saturated heterocycles. The maximum atomic E-state index is 14.2. The first-order valence-electron chi connectivity index (χ1n) is 8.86. The van der Waals surface area contributed by atoms with Gasteiger partial charge >= 0.3 is 0 Å². The lowest BCUT2D eigenvalue weighted by atomic mass is 10.1. The van der Waals surface area contributed by atoms with Crippen LogP contribution in [0.5, 0.6) is 0 Å². The van der Waals surface area contributed by atoms with Crippen molar-refractivity contribution >= 4 is 22.9 Å². The Bertz CT molecular complexity index is 1170. The largest absolute Gasteiger partial charge is 0.323 e. The van der Waals surface area contributed by atoms with Gasteiger partial charge in [0.1, 0.15) is 5.82 Å². The third kappa shape index (κ3) is 4.19. The highest BCUT2D eigenvalue weighted by molar-refractivity contribution is 7.09. The smallest absolute Gasteiger partial charge is 0.228 e. The van der Waals surface area contributed by atoms with Gasteiger partial charge in [0.05, 0.1) is 28.5 Å². The van der Waals surface area contributed by atoms with Crippen molar-refractivity contribution in [2.75, 3.05) is 5.32 Å². The van der Waals surface area contributed by atoms with Gasteiger partial charge in [-0.25, -0.2) is 9.37 Å². The molecule has 29 heavy (non-hydrogen) atoms. The molecule has 4 rings (SSSR count). The number of thiazole rings is 1. The second-order valence-electron chi connectivity index (χ2n) is 6.48. The Labute approximate surface area is 170 Å². The zero-order valence-electron chi connectivity index (χ0n) is 15.8. The first kappa shape index (κ1) is 18.9. The highest BCUT2D eigenvalue weighted by Crippen LogP contribution is 2.23. The Hall–Kier alpha value is -3.46. The minimum atomic E-state index is -0.526. The maximum Gasteiger partial charge on any atom is 0.228 e. The van der Waals surface area contributed by atoms with Crippen LogP contribution in [-0.2, 0) is 11.2 Å². The number of benzene rings is 2. The van der Waals surface area contributed by atoms with Gasteiger partial charge in [-0.3, -0.25) is 4.79 Å². The summed E-state index contributed by atoms with van der Waals surface area (Å²) in [6, 6.07) is 11.9. The number of rotatable bonds is 5. The molecule has 0 atom stereocenters. The normalized spacial score (nSPS) is 10.9. The Morgan fingerprint density at radius 3 is 2.62 bits per heavy atom. The van der Waals surface area contributed by atoms with E-state index in [0.717, 1.165) is 21.8 Å². The molecule has 0 radical (unpaired) electrons. The number of anilines is 1. The zero-order valence-corrected chi connectivity index (χ0v) is 16.6. The van der Waals surface area contributed by atoms with Crippen LogP contribution in [0.25, 0.3) is 16.9 Å². The van der Waals surface area contributed by atoms with Crippen LogP contribution in [0.2, 0.25) is 0 Å². The standard InChI is InChI=1S/C20H17FN6OS/c1-12-24-25-26-27(12)16-7-8-17(21)18(10-16)23-20(28)9-14-3-5-15(6-4-14)19-11-29-13(2)22-19/h3-8,10-11H,9H2,1-2H3,(H,23,28). The summed E-state index contributed by atoms with van der Waals surface area (Å²) in [5.41, 5.74) is 3.38. The Kier molecular flexibility index (Phi) is 5.13. The van der Waals surface area contributed by atoms with Crippen LogP contribution >= 0.6 is 11.3 Å². The summed E-state index contributed by atoms with van der Waals surface area (Å²) in [5, 5.41) is 16.9. The molecule has 9 heteroatoms. The van der Waals surface area contributed by atoms with E-state index >= 15 is 0 Å². The second kappa shape index (κ2) is 7.88. The van der Waals surface area contributed by atoms with Crippen molar-refractivity contribution in [3.05, 3.63) is 70.1 Å². The first-order chi connectivity index (χ1) is 14.0. The number of aryl methyl sites for hydroxylation is 2. The van der Waals surface area contributed by atoms with Crippen LogP contribution in [0.1, 0.15) is 16.4 Å². The molecule has 0 unspecified atom stereocenters. The quantitative estimate of drug-likeness (QED) is 0.544. The summed E-state index contributed by atoms with van der Waals surface area (Å²) in [4.78, 5) is 16.9. The molecule has 7 nitrogen and oxygen atoms in total. The van der Waals surface area contributed by atoms with E-state index in [1.807, 2.05) is 36.6 Å². The molecule has 0 aliphatic rings. The molecule has 0 fully saturated rings. The summed E-state index contributed by atoms with van der Waals surface area (Å²) in [5.74, 6) is -0.280. The van der Waals surface area contributed by atoms with Crippen molar-refractivity contribution < 1.29 is 9.18 Å². The van der Waals surface area contributed by atoms with Crippen LogP contribution in [-0.4, -0.2) is 31.1 Å². The number of carbonyl (C=O) groups excluding carboxylic acids is 1. The van der Waals surface area contributed by atoms with Gasteiger partial charge in [0.15, 0.2) is 5.82 Å². The molecule has 4 aromatic rings. The Morgan fingerprint density at radius 2 is 1.97 bits per heavy atom. The average Bonchev–Trinajstić information content (AvgIpc) is 3.32. The van der Waals surface area contributed by atoms with Gasteiger partial charge in [-0.1, -0.05) is 24.3 Å². The molecule has 0 bridgehead atoms. The molecule has 146 valence electrons. The van der Waals surface area contributed by atoms with Crippen LogP contribution in [0.3, 0.4) is 0 Å². The fourth-order valence-corrected chi connectivity index (χ4v) is 3.50. The third-order valence-electron chi connectivity index (χ3n) is 4.33. The number of hydrogen-bond acceptors (Lipinski definition) is 6. The molecule has 0 aliphatic carbocycles. The van der Waals surface area contributed by atoms with Crippen molar-refractivity contribution in [1.29, 1.82) is 0 Å². The highest BCUT2D eigenvalue weighted by Gasteiger charge is 2.12. The summed E-state index contributed by atoms with van der Waals surface area (Å²) < 4.78 is 15.6. The van der Waals surface area contributed by atoms with E-state index < -0.39 is 5.82 Å². The van der Waals surface area contributed by atoms with E-state index in [1.165, 1.54) is 16.8 Å². The molecule has 1 N–H and O–H groups in total. The predicted octanol–water partition coefficient (Wildman–Crippen LogP) is 3.72. The van der Waals surface area contributed by atoms with Crippen LogP contribution in [0.4, 0.5) is 10.1 Å². The highest BCUT2D eigenvalue weighted by atomic mass is 32.1. The van der Waals surface area contributed by atoms with E-state index in [1.54, 1.807) is 24.3 Å². The van der Waals surface area contributed by atoms with Gasteiger partial charge in [0, 0.05) is 10.9 Å².